The highest BCUT2D eigenvalue weighted by atomic mass is 16.5. The average Bonchev–Trinajstić information content (AvgIpc) is 3.31. The van der Waals surface area contributed by atoms with Crippen molar-refractivity contribution in [3.05, 3.63) is 29.8 Å². The van der Waals surface area contributed by atoms with Gasteiger partial charge in [0.2, 0.25) is 11.8 Å². The molecule has 2 aliphatic rings. The molecule has 0 aromatic heterocycles. The van der Waals surface area contributed by atoms with Gasteiger partial charge in [-0.2, -0.15) is 0 Å². The normalized spacial score (nSPS) is 17.9. The van der Waals surface area contributed by atoms with Crippen LogP contribution in [0.4, 0.5) is 10.5 Å². The lowest BCUT2D eigenvalue weighted by Crippen LogP contribution is -2.48. The van der Waals surface area contributed by atoms with E-state index in [1.807, 2.05) is 0 Å². The fourth-order valence-corrected chi connectivity index (χ4v) is 3.87. The number of benzene rings is 1. The highest BCUT2D eigenvalue weighted by Crippen LogP contribution is 2.35. The fraction of sp³-hybridized carbons (Fsp3) is 0.476. The molecule has 5 amide bonds. The number of esters is 1. The van der Waals surface area contributed by atoms with Crippen molar-refractivity contribution in [2.45, 2.75) is 50.6 Å². The third kappa shape index (κ3) is 4.84. The number of imide groups is 1. The van der Waals surface area contributed by atoms with Crippen LogP contribution in [0, 0.1) is 0 Å². The largest absolute Gasteiger partial charge is 0.468 e. The molecule has 1 aromatic rings. The maximum absolute atomic E-state index is 12.8. The molecule has 2 fully saturated rings. The van der Waals surface area contributed by atoms with Crippen molar-refractivity contribution < 1.29 is 28.7 Å². The van der Waals surface area contributed by atoms with Crippen LogP contribution in [0.15, 0.2) is 24.3 Å². The third-order valence-corrected chi connectivity index (χ3v) is 5.66. The van der Waals surface area contributed by atoms with Crippen LogP contribution in [0.5, 0.6) is 0 Å². The van der Waals surface area contributed by atoms with Gasteiger partial charge in [0, 0.05) is 5.69 Å². The Morgan fingerprint density at radius 3 is 2.42 bits per heavy atom. The van der Waals surface area contributed by atoms with Crippen LogP contribution in [-0.4, -0.2) is 59.9 Å². The van der Waals surface area contributed by atoms with Crippen LogP contribution < -0.4 is 16.0 Å². The van der Waals surface area contributed by atoms with Crippen molar-refractivity contribution >= 4 is 35.4 Å². The van der Waals surface area contributed by atoms with Crippen LogP contribution in [0.3, 0.4) is 0 Å². The van der Waals surface area contributed by atoms with Gasteiger partial charge in [-0.1, -0.05) is 25.0 Å². The van der Waals surface area contributed by atoms with Gasteiger partial charge in [-0.25, -0.2) is 9.69 Å². The van der Waals surface area contributed by atoms with Crippen molar-refractivity contribution in [2.24, 2.45) is 0 Å². The van der Waals surface area contributed by atoms with E-state index in [1.54, 1.807) is 24.3 Å². The van der Waals surface area contributed by atoms with E-state index in [4.69, 9.17) is 0 Å². The van der Waals surface area contributed by atoms with E-state index in [2.05, 4.69) is 20.7 Å². The standard InChI is InChI=1S/C21H26N4O6/c1-13(25-19(29)21(24-20(25)30)9-3-4-10-21)18(28)23-15-7-5-14(6-8-15)11-16(26)22-12-17(27)31-2/h5-8,13H,3-4,9-12H2,1-2H3,(H,22,26)(H,23,28)(H,24,30). The van der Waals surface area contributed by atoms with Gasteiger partial charge in [0.1, 0.15) is 18.1 Å². The second-order valence-electron chi connectivity index (χ2n) is 7.79. The number of rotatable bonds is 7. The Morgan fingerprint density at radius 1 is 1.16 bits per heavy atom. The topological polar surface area (TPSA) is 134 Å². The summed E-state index contributed by atoms with van der Waals surface area (Å²) in [7, 11) is 1.24. The smallest absolute Gasteiger partial charge is 0.325 e. The van der Waals surface area contributed by atoms with Crippen molar-refractivity contribution in [3.63, 3.8) is 0 Å². The lowest BCUT2D eigenvalue weighted by molar-refractivity contribution is -0.141. The molecule has 1 heterocycles. The summed E-state index contributed by atoms with van der Waals surface area (Å²) in [5.41, 5.74) is 0.297. The molecule has 1 unspecified atom stereocenters. The summed E-state index contributed by atoms with van der Waals surface area (Å²) in [4.78, 5) is 61.7. The number of hydrogen-bond donors (Lipinski definition) is 3. The summed E-state index contributed by atoms with van der Waals surface area (Å²) in [6.07, 6.45) is 2.99. The van der Waals surface area contributed by atoms with Crippen LogP contribution in [0.1, 0.15) is 38.2 Å². The molecule has 3 rings (SSSR count). The fourth-order valence-electron chi connectivity index (χ4n) is 3.87. The van der Waals surface area contributed by atoms with Crippen molar-refractivity contribution in [1.82, 2.24) is 15.5 Å². The Kier molecular flexibility index (Phi) is 6.57. The summed E-state index contributed by atoms with van der Waals surface area (Å²) >= 11 is 0. The zero-order chi connectivity index (χ0) is 22.6. The zero-order valence-corrected chi connectivity index (χ0v) is 17.5. The molecule has 1 saturated carbocycles. The number of anilines is 1. The Labute approximate surface area is 179 Å². The minimum absolute atomic E-state index is 0.0617. The number of amides is 5. The molecule has 10 heteroatoms. The molecule has 1 aliphatic carbocycles. The van der Waals surface area contributed by atoms with Gasteiger partial charge < -0.3 is 20.7 Å². The van der Waals surface area contributed by atoms with Crippen LogP contribution in [0.25, 0.3) is 0 Å². The molecule has 1 saturated heterocycles. The Balaban J connectivity index is 1.55. The Hall–Kier alpha value is -3.43. The predicted molar refractivity (Wildman–Crippen MR) is 110 cm³/mol. The molecular weight excluding hydrogens is 404 g/mol. The number of methoxy groups -OCH3 is 1. The predicted octanol–water partition coefficient (Wildman–Crippen LogP) is 0.710. The summed E-state index contributed by atoms with van der Waals surface area (Å²) in [5.74, 6) is -1.70. The number of ether oxygens (including phenoxy) is 1. The minimum atomic E-state index is -0.962. The van der Waals surface area contributed by atoms with Gasteiger partial charge in [0.15, 0.2) is 0 Å². The maximum Gasteiger partial charge on any atom is 0.325 e. The summed E-state index contributed by atoms with van der Waals surface area (Å²) in [6, 6.07) is 5.08. The first kappa shape index (κ1) is 22.3. The second kappa shape index (κ2) is 9.15. The third-order valence-electron chi connectivity index (χ3n) is 5.66. The molecule has 31 heavy (non-hydrogen) atoms. The first-order valence-corrected chi connectivity index (χ1v) is 10.1. The highest BCUT2D eigenvalue weighted by molar-refractivity contribution is 6.11. The molecule has 1 aromatic carbocycles. The first-order chi connectivity index (χ1) is 14.8. The summed E-state index contributed by atoms with van der Waals surface area (Å²) in [5, 5.41) is 7.90. The van der Waals surface area contributed by atoms with Gasteiger partial charge in [0.05, 0.1) is 13.5 Å². The number of nitrogens with one attached hydrogen (secondary N) is 3. The molecule has 1 spiro atoms. The average molecular weight is 430 g/mol. The highest BCUT2D eigenvalue weighted by Gasteiger charge is 2.54. The number of hydrogen-bond acceptors (Lipinski definition) is 6. The minimum Gasteiger partial charge on any atom is -0.468 e. The quantitative estimate of drug-likeness (QED) is 0.431. The molecule has 0 bridgehead atoms. The summed E-state index contributed by atoms with van der Waals surface area (Å²) in [6.45, 7) is 1.31. The molecule has 166 valence electrons. The Bertz CT molecular complexity index is 892. The monoisotopic (exact) mass is 430 g/mol. The van der Waals surface area contributed by atoms with E-state index in [0.29, 0.717) is 24.1 Å². The van der Waals surface area contributed by atoms with Crippen molar-refractivity contribution in [1.29, 1.82) is 0 Å². The van der Waals surface area contributed by atoms with Crippen LogP contribution >= 0.6 is 0 Å². The van der Waals surface area contributed by atoms with Crippen molar-refractivity contribution in [2.75, 3.05) is 19.0 Å². The number of carbonyl (C=O) groups excluding carboxylic acids is 5. The number of urea groups is 1. The van der Waals surface area contributed by atoms with Crippen LogP contribution in [-0.2, 0) is 30.3 Å². The second-order valence-corrected chi connectivity index (χ2v) is 7.79. The van der Waals surface area contributed by atoms with E-state index in [0.717, 1.165) is 17.7 Å². The summed E-state index contributed by atoms with van der Waals surface area (Å²) < 4.78 is 4.46. The Morgan fingerprint density at radius 2 is 1.81 bits per heavy atom. The SMILES string of the molecule is COC(=O)CNC(=O)Cc1ccc(NC(=O)C(C)N2C(=O)NC3(CCCC3)C2=O)cc1. The number of carbonyl (C=O) groups is 5. The number of nitrogens with zero attached hydrogens (tertiary/aromatic N) is 1. The van der Waals surface area contributed by atoms with Crippen molar-refractivity contribution in [3.8, 4) is 0 Å². The first-order valence-electron chi connectivity index (χ1n) is 10.1. The molecule has 1 atom stereocenters. The molecular formula is C21H26N4O6. The van der Waals surface area contributed by atoms with E-state index in [9.17, 15) is 24.0 Å². The van der Waals surface area contributed by atoms with Gasteiger partial charge in [-0.15, -0.1) is 0 Å². The molecule has 10 nitrogen and oxygen atoms in total. The van der Waals surface area contributed by atoms with E-state index in [1.165, 1.54) is 14.0 Å². The van der Waals surface area contributed by atoms with Gasteiger partial charge >= 0.3 is 12.0 Å². The van der Waals surface area contributed by atoms with Crippen LogP contribution in [0.2, 0.25) is 0 Å². The van der Waals surface area contributed by atoms with E-state index < -0.39 is 29.5 Å². The molecule has 0 radical (unpaired) electrons. The van der Waals surface area contributed by atoms with Gasteiger partial charge in [0.25, 0.3) is 5.91 Å². The lowest BCUT2D eigenvalue weighted by Gasteiger charge is -2.23. The van der Waals surface area contributed by atoms with Gasteiger partial charge in [-0.05, 0) is 37.5 Å². The molecule has 3 N–H and O–H groups in total. The lowest BCUT2D eigenvalue weighted by atomic mass is 9.97. The molecule has 1 aliphatic heterocycles. The van der Waals surface area contributed by atoms with E-state index in [-0.39, 0.29) is 24.8 Å². The van der Waals surface area contributed by atoms with E-state index >= 15 is 0 Å². The van der Waals surface area contributed by atoms with Gasteiger partial charge in [-0.3, -0.25) is 19.2 Å². The zero-order valence-electron chi connectivity index (χ0n) is 17.5. The maximum atomic E-state index is 12.8.